The smallest absolute Gasteiger partial charge is 0.137 e. The first-order chi connectivity index (χ1) is 5.74. The van der Waals surface area contributed by atoms with Crippen molar-refractivity contribution < 1.29 is 4.39 Å². The Kier molecular flexibility index (Phi) is 3.17. The fourth-order valence-electron chi connectivity index (χ4n) is 0.849. The summed E-state index contributed by atoms with van der Waals surface area (Å²) in [6.45, 7) is 7.21. The molecule has 0 aliphatic carbocycles. The highest BCUT2D eigenvalue weighted by Crippen LogP contribution is 2.14. The normalized spacial score (nSPS) is 19.7. The number of hydrogen-bond donors (Lipinski definition) is 1. The third-order valence-corrected chi connectivity index (χ3v) is 1.88. The van der Waals surface area contributed by atoms with E-state index in [4.69, 9.17) is 0 Å². The molecule has 3 heteroatoms. The maximum atomic E-state index is 12.5. The maximum Gasteiger partial charge on any atom is 0.137 e. The van der Waals surface area contributed by atoms with E-state index in [2.05, 4.69) is 16.9 Å². The fourth-order valence-corrected chi connectivity index (χ4v) is 0.849. The third kappa shape index (κ3) is 2.27. The molecule has 1 aliphatic rings. The molecule has 0 amide bonds. The van der Waals surface area contributed by atoms with Crippen molar-refractivity contribution in [3.63, 3.8) is 0 Å². The predicted octanol–water partition coefficient (Wildman–Crippen LogP) is 1.66. The molecule has 0 atom stereocenters. The molecule has 0 saturated carbocycles. The molecular formula is C9H13FN2. The van der Waals surface area contributed by atoms with E-state index in [-0.39, 0.29) is 5.83 Å². The SMILES string of the molecule is C=C(/N=C\C(F)=C/C)C1CNC1. The molecular weight excluding hydrogens is 155 g/mol. The van der Waals surface area contributed by atoms with Gasteiger partial charge in [0.05, 0.1) is 6.21 Å². The number of nitrogens with one attached hydrogen (secondary N) is 1. The summed E-state index contributed by atoms with van der Waals surface area (Å²) in [6.07, 6.45) is 2.58. The van der Waals surface area contributed by atoms with Crippen LogP contribution in [0.25, 0.3) is 0 Å². The Bertz CT molecular complexity index is 227. The van der Waals surface area contributed by atoms with E-state index >= 15 is 0 Å². The van der Waals surface area contributed by atoms with Gasteiger partial charge in [0.25, 0.3) is 0 Å². The van der Waals surface area contributed by atoms with Gasteiger partial charge in [-0.2, -0.15) is 0 Å². The van der Waals surface area contributed by atoms with Gasteiger partial charge >= 0.3 is 0 Å². The fraction of sp³-hybridized carbons (Fsp3) is 0.444. The number of allylic oxidation sites excluding steroid dienone is 2. The molecule has 0 radical (unpaired) electrons. The second-order valence-corrected chi connectivity index (χ2v) is 2.78. The Balaban J connectivity index is 2.39. The molecule has 1 aliphatic heterocycles. The molecule has 0 aromatic rings. The molecule has 0 spiro atoms. The summed E-state index contributed by atoms with van der Waals surface area (Å²) in [4.78, 5) is 3.91. The summed E-state index contributed by atoms with van der Waals surface area (Å²) in [5, 5.41) is 3.10. The second kappa shape index (κ2) is 4.16. The Morgan fingerprint density at radius 1 is 1.67 bits per heavy atom. The highest BCUT2D eigenvalue weighted by molar-refractivity contribution is 5.76. The summed E-state index contributed by atoms with van der Waals surface area (Å²) >= 11 is 0. The Hall–Kier alpha value is -0.960. The minimum atomic E-state index is -0.316. The van der Waals surface area contributed by atoms with Crippen LogP contribution in [0.3, 0.4) is 0 Å². The zero-order chi connectivity index (χ0) is 8.97. The van der Waals surface area contributed by atoms with Crippen molar-refractivity contribution in [1.82, 2.24) is 5.32 Å². The molecule has 66 valence electrons. The molecule has 1 N–H and O–H groups in total. The first-order valence-electron chi connectivity index (χ1n) is 3.99. The summed E-state index contributed by atoms with van der Waals surface area (Å²) in [5.74, 6) is 0.0781. The van der Waals surface area contributed by atoms with Crippen LogP contribution in [0.5, 0.6) is 0 Å². The van der Waals surface area contributed by atoms with E-state index in [0.717, 1.165) is 18.8 Å². The lowest BCUT2D eigenvalue weighted by Gasteiger charge is -2.26. The van der Waals surface area contributed by atoms with Crippen LogP contribution in [0.4, 0.5) is 4.39 Å². The average Bonchev–Trinajstić information content (AvgIpc) is 1.97. The van der Waals surface area contributed by atoms with Crippen LogP contribution in [-0.4, -0.2) is 19.3 Å². The lowest BCUT2D eigenvalue weighted by Crippen LogP contribution is -2.42. The van der Waals surface area contributed by atoms with Gasteiger partial charge in [-0.3, -0.25) is 4.99 Å². The molecule has 0 bridgehead atoms. The molecule has 0 unspecified atom stereocenters. The molecule has 1 fully saturated rings. The molecule has 12 heavy (non-hydrogen) atoms. The van der Waals surface area contributed by atoms with Crippen LogP contribution in [0.15, 0.2) is 29.2 Å². The minimum Gasteiger partial charge on any atom is -0.315 e. The van der Waals surface area contributed by atoms with Gasteiger partial charge in [0.2, 0.25) is 0 Å². The van der Waals surface area contributed by atoms with Gasteiger partial charge in [0.1, 0.15) is 5.83 Å². The van der Waals surface area contributed by atoms with Gasteiger partial charge in [-0.15, -0.1) is 0 Å². The van der Waals surface area contributed by atoms with Gasteiger partial charge in [-0.1, -0.05) is 12.7 Å². The van der Waals surface area contributed by atoms with Crippen LogP contribution in [-0.2, 0) is 0 Å². The Morgan fingerprint density at radius 3 is 2.75 bits per heavy atom. The highest BCUT2D eigenvalue weighted by atomic mass is 19.1. The van der Waals surface area contributed by atoms with Crippen molar-refractivity contribution in [2.24, 2.45) is 10.9 Å². The van der Waals surface area contributed by atoms with Crippen LogP contribution in [0.1, 0.15) is 6.92 Å². The van der Waals surface area contributed by atoms with Gasteiger partial charge in [-0.25, -0.2) is 4.39 Å². The monoisotopic (exact) mass is 168 g/mol. The van der Waals surface area contributed by atoms with Gasteiger partial charge < -0.3 is 5.32 Å². The minimum absolute atomic E-state index is 0.316. The summed E-state index contributed by atoms with van der Waals surface area (Å²) in [7, 11) is 0. The van der Waals surface area contributed by atoms with Crippen molar-refractivity contribution in [2.75, 3.05) is 13.1 Å². The van der Waals surface area contributed by atoms with Crippen molar-refractivity contribution in [3.05, 3.63) is 24.2 Å². The van der Waals surface area contributed by atoms with Crippen LogP contribution in [0, 0.1) is 5.92 Å². The van der Waals surface area contributed by atoms with E-state index in [0.29, 0.717) is 5.92 Å². The molecule has 0 aromatic heterocycles. The number of hydrogen-bond acceptors (Lipinski definition) is 2. The predicted molar refractivity (Wildman–Crippen MR) is 48.9 cm³/mol. The van der Waals surface area contributed by atoms with E-state index < -0.39 is 0 Å². The van der Waals surface area contributed by atoms with Crippen molar-refractivity contribution in [3.8, 4) is 0 Å². The Labute approximate surface area is 71.9 Å². The number of nitrogens with zero attached hydrogens (tertiary/aromatic N) is 1. The summed E-state index contributed by atoms with van der Waals surface area (Å²) in [6, 6.07) is 0. The van der Waals surface area contributed by atoms with Crippen LogP contribution >= 0.6 is 0 Å². The standard InChI is InChI=1S/C9H13FN2/c1-3-9(10)6-12-7(2)8-4-11-5-8/h3,6,8,11H,2,4-5H2,1H3/b9-3+,12-6-. The molecule has 1 heterocycles. The number of aliphatic imine (C=N–C) groups is 1. The lowest BCUT2D eigenvalue weighted by atomic mass is 10.0. The highest BCUT2D eigenvalue weighted by Gasteiger charge is 2.18. The van der Waals surface area contributed by atoms with Gasteiger partial charge in [0, 0.05) is 24.7 Å². The molecule has 1 rings (SSSR count). The Morgan fingerprint density at radius 2 is 2.33 bits per heavy atom. The van der Waals surface area contributed by atoms with Crippen molar-refractivity contribution >= 4 is 6.21 Å². The molecule has 2 nitrogen and oxygen atoms in total. The van der Waals surface area contributed by atoms with Gasteiger partial charge in [-0.05, 0) is 6.92 Å². The van der Waals surface area contributed by atoms with E-state index in [1.807, 2.05) is 0 Å². The number of halogens is 1. The topological polar surface area (TPSA) is 24.4 Å². The first kappa shape index (κ1) is 9.13. The van der Waals surface area contributed by atoms with Crippen LogP contribution in [0.2, 0.25) is 0 Å². The zero-order valence-electron chi connectivity index (χ0n) is 7.18. The quantitative estimate of drug-likeness (QED) is 0.637. The van der Waals surface area contributed by atoms with E-state index in [9.17, 15) is 4.39 Å². The number of rotatable bonds is 3. The first-order valence-corrected chi connectivity index (χ1v) is 3.99. The second-order valence-electron chi connectivity index (χ2n) is 2.78. The van der Waals surface area contributed by atoms with E-state index in [1.165, 1.54) is 12.3 Å². The summed E-state index contributed by atoms with van der Waals surface area (Å²) in [5.41, 5.74) is 0.755. The van der Waals surface area contributed by atoms with Crippen molar-refractivity contribution in [1.29, 1.82) is 0 Å². The van der Waals surface area contributed by atoms with E-state index in [1.54, 1.807) is 6.92 Å². The molecule has 0 aromatic carbocycles. The third-order valence-electron chi connectivity index (χ3n) is 1.88. The summed E-state index contributed by atoms with van der Waals surface area (Å²) < 4.78 is 12.5. The lowest BCUT2D eigenvalue weighted by molar-refractivity contribution is 0.398. The van der Waals surface area contributed by atoms with Crippen molar-refractivity contribution in [2.45, 2.75) is 6.92 Å². The average molecular weight is 168 g/mol. The zero-order valence-corrected chi connectivity index (χ0v) is 7.18. The molecule has 1 saturated heterocycles. The maximum absolute atomic E-state index is 12.5. The van der Waals surface area contributed by atoms with Gasteiger partial charge in [0.15, 0.2) is 0 Å². The van der Waals surface area contributed by atoms with Crippen LogP contribution < -0.4 is 5.32 Å². The largest absolute Gasteiger partial charge is 0.315 e.